The summed E-state index contributed by atoms with van der Waals surface area (Å²) in [5.41, 5.74) is 3.25. The first-order chi connectivity index (χ1) is 10.7. The van der Waals surface area contributed by atoms with E-state index in [1.54, 1.807) is 14.2 Å². The standard InChI is InChI=1S/C18H19NO3/c1-21-15-6-3-12(4-7-15)16-9-13(5-8-17(16)22-2)14-10-18(20)19-11-14/h3-9,14H,10-11H2,1-2H3,(H,19,20). The van der Waals surface area contributed by atoms with Crippen LogP contribution in [0, 0.1) is 0 Å². The number of ether oxygens (including phenoxy) is 2. The molecule has 1 N–H and O–H groups in total. The molecule has 1 aliphatic rings. The Morgan fingerprint density at radius 1 is 1.05 bits per heavy atom. The predicted octanol–water partition coefficient (Wildman–Crippen LogP) is 2.97. The molecule has 1 heterocycles. The zero-order valence-electron chi connectivity index (χ0n) is 12.8. The van der Waals surface area contributed by atoms with Crippen molar-refractivity contribution >= 4 is 5.91 Å². The van der Waals surface area contributed by atoms with Crippen LogP contribution in [0.15, 0.2) is 42.5 Å². The molecule has 0 aliphatic carbocycles. The monoisotopic (exact) mass is 297 g/mol. The molecule has 2 aromatic carbocycles. The van der Waals surface area contributed by atoms with E-state index in [0.29, 0.717) is 13.0 Å². The molecule has 0 saturated carbocycles. The molecule has 4 heteroatoms. The number of amides is 1. The van der Waals surface area contributed by atoms with Gasteiger partial charge in [0.15, 0.2) is 0 Å². The molecule has 0 aromatic heterocycles. The highest BCUT2D eigenvalue weighted by Gasteiger charge is 2.23. The molecule has 114 valence electrons. The van der Waals surface area contributed by atoms with Crippen LogP contribution in [0.4, 0.5) is 0 Å². The van der Waals surface area contributed by atoms with Crippen molar-refractivity contribution in [3.63, 3.8) is 0 Å². The highest BCUT2D eigenvalue weighted by atomic mass is 16.5. The topological polar surface area (TPSA) is 47.6 Å². The Morgan fingerprint density at radius 2 is 1.82 bits per heavy atom. The van der Waals surface area contributed by atoms with Crippen LogP contribution >= 0.6 is 0 Å². The molecule has 1 atom stereocenters. The van der Waals surface area contributed by atoms with E-state index in [9.17, 15) is 4.79 Å². The number of methoxy groups -OCH3 is 2. The average Bonchev–Trinajstić information content (AvgIpc) is 3.01. The fraction of sp³-hybridized carbons (Fsp3) is 0.278. The van der Waals surface area contributed by atoms with Crippen molar-refractivity contribution in [2.24, 2.45) is 0 Å². The first-order valence-corrected chi connectivity index (χ1v) is 7.30. The number of hydrogen-bond donors (Lipinski definition) is 1. The number of nitrogens with one attached hydrogen (secondary N) is 1. The van der Waals surface area contributed by atoms with E-state index >= 15 is 0 Å². The molecular formula is C18H19NO3. The summed E-state index contributed by atoms with van der Waals surface area (Å²) in [5, 5.41) is 2.88. The van der Waals surface area contributed by atoms with Gasteiger partial charge in [-0.1, -0.05) is 18.2 Å². The minimum absolute atomic E-state index is 0.117. The Balaban J connectivity index is 1.98. The van der Waals surface area contributed by atoms with Gasteiger partial charge in [0, 0.05) is 24.4 Å². The average molecular weight is 297 g/mol. The third kappa shape index (κ3) is 2.77. The summed E-state index contributed by atoms with van der Waals surface area (Å²) >= 11 is 0. The Bertz CT molecular complexity index is 679. The second-order valence-electron chi connectivity index (χ2n) is 5.39. The quantitative estimate of drug-likeness (QED) is 0.944. The van der Waals surface area contributed by atoms with Gasteiger partial charge in [0.2, 0.25) is 5.91 Å². The first kappa shape index (κ1) is 14.4. The van der Waals surface area contributed by atoms with Gasteiger partial charge in [0.05, 0.1) is 14.2 Å². The fourth-order valence-corrected chi connectivity index (χ4v) is 2.82. The van der Waals surface area contributed by atoms with Gasteiger partial charge in [-0.3, -0.25) is 4.79 Å². The van der Waals surface area contributed by atoms with Gasteiger partial charge in [-0.05, 0) is 35.4 Å². The highest BCUT2D eigenvalue weighted by Crippen LogP contribution is 2.35. The van der Waals surface area contributed by atoms with Crippen LogP contribution < -0.4 is 14.8 Å². The Labute approximate surface area is 130 Å². The lowest BCUT2D eigenvalue weighted by Crippen LogP contribution is -2.13. The van der Waals surface area contributed by atoms with E-state index in [1.165, 1.54) is 0 Å². The maximum atomic E-state index is 11.4. The smallest absolute Gasteiger partial charge is 0.220 e. The van der Waals surface area contributed by atoms with Crippen molar-refractivity contribution in [1.29, 1.82) is 0 Å². The van der Waals surface area contributed by atoms with Gasteiger partial charge in [-0.15, -0.1) is 0 Å². The van der Waals surface area contributed by atoms with E-state index < -0.39 is 0 Å². The van der Waals surface area contributed by atoms with Gasteiger partial charge in [0.1, 0.15) is 11.5 Å². The Kier molecular flexibility index (Phi) is 4.00. The molecule has 1 fully saturated rings. The van der Waals surface area contributed by atoms with Crippen molar-refractivity contribution in [2.75, 3.05) is 20.8 Å². The van der Waals surface area contributed by atoms with Gasteiger partial charge < -0.3 is 14.8 Å². The van der Waals surface area contributed by atoms with E-state index in [4.69, 9.17) is 9.47 Å². The molecule has 2 aromatic rings. The SMILES string of the molecule is COc1ccc(-c2cc(C3CNC(=O)C3)ccc2OC)cc1. The minimum atomic E-state index is 0.117. The van der Waals surface area contributed by atoms with Gasteiger partial charge in [-0.2, -0.15) is 0 Å². The maximum Gasteiger partial charge on any atom is 0.220 e. The number of hydrogen-bond acceptors (Lipinski definition) is 3. The Morgan fingerprint density at radius 3 is 2.41 bits per heavy atom. The van der Waals surface area contributed by atoms with Gasteiger partial charge in [0.25, 0.3) is 0 Å². The van der Waals surface area contributed by atoms with Crippen molar-refractivity contribution in [3.05, 3.63) is 48.0 Å². The molecule has 0 spiro atoms. The van der Waals surface area contributed by atoms with Crippen molar-refractivity contribution < 1.29 is 14.3 Å². The number of benzene rings is 2. The highest BCUT2D eigenvalue weighted by molar-refractivity contribution is 5.80. The summed E-state index contributed by atoms with van der Waals surface area (Å²) in [7, 11) is 3.32. The summed E-state index contributed by atoms with van der Waals surface area (Å²) < 4.78 is 10.7. The van der Waals surface area contributed by atoms with Crippen molar-refractivity contribution in [2.45, 2.75) is 12.3 Å². The van der Waals surface area contributed by atoms with Gasteiger partial charge in [-0.25, -0.2) is 0 Å². The molecule has 0 radical (unpaired) electrons. The molecule has 1 aliphatic heterocycles. The largest absolute Gasteiger partial charge is 0.497 e. The van der Waals surface area contributed by atoms with E-state index in [-0.39, 0.29) is 11.8 Å². The van der Waals surface area contributed by atoms with Crippen LogP contribution in [0.2, 0.25) is 0 Å². The van der Waals surface area contributed by atoms with Crippen LogP contribution in [0.3, 0.4) is 0 Å². The van der Waals surface area contributed by atoms with E-state index in [2.05, 4.69) is 11.4 Å². The summed E-state index contributed by atoms with van der Waals surface area (Å²) in [6, 6.07) is 14.0. The first-order valence-electron chi connectivity index (χ1n) is 7.30. The second kappa shape index (κ2) is 6.10. The second-order valence-corrected chi connectivity index (χ2v) is 5.39. The minimum Gasteiger partial charge on any atom is -0.497 e. The van der Waals surface area contributed by atoms with E-state index in [1.807, 2.05) is 36.4 Å². The van der Waals surface area contributed by atoms with Crippen LogP contribution in [0.5, 0.6) is 11.5 Å². The fourth-order valence-electron chi connectivity index (χ4n) is 2.82. The number of carbonyl (C=O) groups is 1. The van der Waals surface area contributed by atoms with Crippen molar-refractivity contribution in [1.82, 2.24) is 5.32 Å². The maximum absolute atomic E-state index is 11.4. The normalized spacial score (nSPS) is 17.2. The summed E-state index contributed by atoms with van der Waals surface area (Å²) in [6.45, 7) is 0.702. The predicted molar refractivity (Wildman–Crippen MR) is 85.3 cm³/mol. The van der Waals surface area contributed by atoms with Crippen LogP contribution in [-0.4, -0.2) is 26.7 Å². The Hall–Kier alpha value is -2.49. The summed E-state index contributed by atoms with van der Waals surface area (Å²) in [6.07, 6.45) is 0.550. The molecular weight excluding hydrogens is 278 g/mol. The molecule has 1 saturated heterocycles. The number of carbonyl (C=O) groups excluding carboxylic acids is 1. The molecule has 1 amide bonds. The summed E-state index contributed by atoms with van der Waals surface area (Å²) in [5.74, 6) is 2.00. The van der Waals surface area contributed by atoms with Crippen molar-refractivity contribution in [3.8, 4) is 22.6 Å². The molecule has 3 rings (SSSR count). The third-order valence-electron chi connectivity index (χ3n) is 4.07. The molecule has 1 unspecified atom stereocenters. The third-order valence-corrected chi connectivity index (χ3v) is 4.07. The molecule has 22 heavy (non-hydrogen) atoms. The van der Waals surface area contributed by atoms with Crippen LogP contribution in [0.1, 0.15) is 17.9 Å². The molecule has 0 bridgehead atoms. The lowest BCUT2D eigenvalue weighted by Gasteiger charge is -2.14. The summed E-state index contributed by atoms with van der Waals surface area (Å²) in [4.78, 5) is 11.4. The zero-order chi connectivity index (χ0) is 15.5. The molecule has 4 nitrogen and oxygen atoms in total. The lowest BCUT2D eigenvalue weighted by atomic mass is 9.93. The van der Waals surface area contributed by atoms with E-state index in [0.717, 1.165) is 28.2 Å². The van der Waals surface area contributed by atoms with Crippen LogP contribution in [-0.2, 0) is 4.79 Å². The number of rotatable bonds is 4. The van der Waals surface area contributed by atoms with Gasteiger partial charge >= 0.3 is 0 Å². The van der Waals surface area contributed by atoms with Crippen LogP contribution in [0.25, 0.3) is 11.1 Å². The lowest BCUT2D eigenvalue weighted by molar-refractivity contribution is -0.119. The zero-order valence-corrected chi connectivity index (χ0v) is 12.8.